The molecule has 0 spiro atoms. The van der Waals surface area contributed by atoms with Crippen molar-refractivity contribution >= 4 is 8.80 Å². The van der Waals surface area contributed by atoms with Crippen LogP contribution in [0.3, 0.4) is 0 Å². The first-order valence-corrected chi connectivity index (χ1v) is 8.40. The second kappa shape index (κ2) is 11.1. The van der Waals surface area contributed by atoms with Crippen molar-refractivity contribution in [1.29, 1.82) is 0 Å². The maximum absolute atomic E-state index is 2.45. The van der Waals surface area contributed by atoms with Gasteiger partial charge in [0.1, 0.15) is 0 Å². The molecule has 0 N–H and O–H groups in total. The largest absolute Gasteiger partial charge is 0.269 e. The Morgan fingerprint density at radius 2 is 1.33 bits per heavy atom. The van der Waals surface area contributed by atoms with E-state index in [-0.39, 0.29) is 13.5 Å². The van der Waals surface area contributed by atoms with Crippen molar-refractivity contribution in [3.63, 3.8) is 0 Å². The molecular formula is C10H25FSi. The van der Waals surface area contributed by atoms with Gasteiger partial charge in [0.25, 0.3) is 0 Å². The molecule has 2 heteroatoms. The van der Waals surface area contributed by atoms with Gasteiger partial charge in [0.15, 0.2) is 0 Å². The number of halogens is 1. The lowest BCUT2D eigenvalue weighted by Crippen LogP contribution is -1.97. The van der Waals surface area contributed by atoms with Crippen molar-refractivity contribution in [3.05, 3.63) is 0 Å². The van der Waals surface area contributed by atoms with Gasteiger partial charge in [-0.3, -0.25) is 4.70 Å². The maximum atomic E-state index is 2.45. The average molecular weight is 192 g/mol. The third-order valence-electron chi connectivity index (χ3n) is 2.14. The summed E-state index contributed by atoms with van der Waals surface area (Å²) in [6.07, 6.45) is 8.77. The van der Waals surface area contributed by atoms with Gasteiger partial charge in [-0.25, -0.2) is 0 Å². The summed E-state index contributed by atoms with van der Waals surface area (Å²) in [6, 6.07) is 1.56. The zero-order valence-corrected chi connectivity index (χ0v) is 10.1. The molecule has 0 aromatic heterocycles. The van der Waals surface area contributed by atoms with Gasteiger partial charge >= 0.3 is 0 Å². The van der Waals surface area contributed by atoms with Crippen LogP contribution in [0.4, 0.5) is 4.70 Å². The zero-order chi connectivity index (χ0) is 8.53. The van der Waals surface area contributed by atoms with Gasteiger partial charge in [0, 0.05) is 8.80 Å². The molecule has 0 aliphatic heterocycles. The highest BCUT2D eigenvalue weighted by molar-refractivity contribution is 6.55. The monoisotopic (exact) mass is 192 g/mol. The molecule has 0 rings (SSSR count). The van der Waals surface area contributed by atoms with Crippen LogP contribution in [-0.2, 0) is 0 Å². The van der Waals surface area contributed by atoms with E-state index in [9.17, 15) is 0 Å². The zero-order valence-electron chi connectivity index (χ0n) is 8.94. The van der Waals surface area contributed by atoms with Crippen LogP contribution < -0.4 is 0 Å². The van der Waals surface area contributed by atoms with Crippen molar-refractivity contribution in [3.8, 4) is 0 Å². The van der Waals surface area contributed by atoms with Gasteiger partial charge < -0.3 is 0 Å². The highest BCUT2D eigenvalue weighted by Crippen LogP contribution is 2.08. The van der Waals surface area contributed by atoms with Crippen molar-refractivity contribution in [2.45, 2.75) is 64.6 Å². The average Bonchev–Trinajstić information content (AvgIpc) is 1.96. The predicted molar refractivity (Wildman–Crippen MR) is 59.6 cm³/mol. The molecule has 0 aromatic rings. The molecule has 0 radical (unpaired) electrons. The van der Waals surface area contributed by atoms with Gasteiger partial charge in [0.05, 0.1) is 0 Å². The van der Waals surface area contributed by atoms with Crippen LogP contribution in [0.1, 0.15) is 45.4 Å². The predicted octanol–water partition coefficient (Wildman–Crippen LogP) is 3.99. The molecule has 76 valence electrons. The third kappa shape index (κ3) is 12.8. The fourth-order valence-corrected chi connectivity index (χ4v) is 2.44. The molecule has 0 aliphatic rings. The summed E-state index contributed by atoms with van der Waals surface area (Å²) >= 11 is 0. The normalized spacial score (nSPS) is 10.0. The molecule has 0 aliphatic carbocycles. The van der Waals surface area contributed by atoms with Crippen molar-refractivity contribution in [2.24, 2.45) is 0 Å². The van der Waals surface area contributed by atoms with E-state index < -0.39 is 0 Å². The fourth-order valence-electron chi connectivity index (χ4n) is 1.33. The molecule has 0 bridgehead atoms. The molecule has 0 heterocycles. The Morgan fingerprint density at radius 1 is 0.833 bits per heavy atom. The molecule has 0 nitrogen and oxygen atoms in total. The molecule has 0 unspecified atom stereocenters. The van der Waals surface area contributed by atoms with Crippen molar-refractivity contribution in [2.75, 3.05) is 0 Å². The summed E-state index contributed by atoms with van der Waals surface area (Å²) in [5, 5.41) is 0. The lowest BCUT2D eigenvalue weighted by atomic mass is 10.1. The van der Waals surface area contributed by atoms with Crippen molar-refractivity contribution < 1.29 is 4.70 Å². The van der Waals surface area contributed by atoms with E-state index in [4.69, 9.17) is 0 Å². The Hall–Kier alpha value is 0.147. The van der Waals surface area contributed by atoms with Gasteiger partial charge in [-0.1, -0.05) is 64.6 Å². The molecular weight excluding hydrogens is 167 g/mol. The van der Waals surface area contributed by atoms with Crippen LogP contribution in [0.15, 0.2) is 0 Å². The maximum Gasteiger partial charge on any atom is 0.0305 e. The van der Waals surface area contributed by atoms with Crippen LogP contribution in [0.25, 0.3) is 0 Å². The number of hydrogen-bond acceptors (Lipinski definition) is 0. The molecule has 0 saturated heterocycles. The van der Waals surface area contributed by atoms with Crippen molar-refractivity contribution in [1.82, 2.24) is 0 Å². The van der Waals surface area contributed by atoms with Gasteiger partial charge in [0.2, 0.25) is 0 Å². The lowest BCUT2D eigenvalue weighted by molar-refractivity contribution is 0.623. The Bertz CT molecular complexity index is 74.2. The first kappa shape index (κ1) is 14.7. The fraction of sp³-hybridized carbons (Fsp3) is 1.00. The standard InChI is InChI=1S/C10H24Si.FH/c1-4-5-6-7-8-9-10-11(2)3;/h11H,4-10H2,1-3H3;1H. The lowest BCUT2D eigenvalue weighted by Gasteiger charge is -2.02. The van der Waals surface area contributed by atoms with E-state index in [1.807, 2.05) is 0 Å². The first-order chi connectivity index (χ1) is 5.27. The second-order valence-electron chi connectivity index (χ2n) is 3.95. The quantitative estimate of drug-likeness (QED) is 0.423. The topological polar surface area (TPSA) is 0 Å². The molecule has 0 saturated carbocycles. The minimum atomic E-state index is -0.229. The van der Waals surface area contributed by atoms with Crippen LogP contribution in [0, 0.1) is 0 Å². The molecule has 0 amide bonds. The number of hydrogen-bond donors (Lipinski definition) is 0. The summed E-state index contributed by atoms with van der Waals surface area (Å²) in [7, 11) is -0.229. The van der Waals surface area contributed by atoms with Gasteiger partial charge in [-0.05, 0) is 0 Å². The first-order valence-electron chi connectivity index (χ1n) is 5.27. The molecule has 0 aromatic carbocycles. The van der Waals surface area contributed by atoms with E-state index in [1.54, 1.807) is 6.04 Å². The third-order valence-corrected chi connectivity index (χ3v) is 3.70. The minimum Gasteiger partial charge on any atom is -0.269 e. The van der Waals surface area contributed by atoms with Crippen LogP contribution in [0.2, 0.25) is 19.1 Å². The smallest absolute Gasteiger partial charge is 0.0305 e. The summed E-state index contributed by atoms with van der Waals surface area (Å²) in [5.41, 5.74) is 0. The van der Waals surface area contributed by atoms with Crippen LogP contribution in [-0.4, -0.2) is 8.80 Å². The number of unbranched alkanes of at least 4 members (excludes halogenated alkanes) is 5. The van der Waals surface area contributed by atoms with E-state index >= 15 is 0 Å². The van der Waals surface area contributed by atoms with Crippen LogP contribution in [0.5, 0.6) is 0 Å². The summed E-state index contributed by atoms with van der Waals surface area (Å²) < 4.78 is 0. The van der Waals surface area contributed by atoms with E-state index in [1.165, 1.54) is 38.5 Å². The SMILES string of the molecule is CCCCCCCC[SiH](C)C.F. The summed E-state index contributed by atoms with van der Waals surface area (Å²) in [6.45, 7) is 7.18. The van der Waals surface area contributed by atoms with E-state index in [0.717, 1.165) is 0 Å². The molecule has 0 fully saturated rings. The summed E-state index contributed by atoms with van der Waals surface area (Å²) in [4.78, 5) is 0. The van der Waals surface area contributed by atoms with Gasteiger partial charge in [-0.2, -0.15) is 0 Å². The Kier molecular flexibility index (Phi) is 13.6. The Morgan fingerprint density at radius 3 is 1.83 bits per heavy atom. The summed E-state index contributed by atoms with van der Waals surface area (Å²) in [5.74, 6) is 0. The molecule has 0 atom stereocenters. The number of rotatable bonds is 7. The van der Waals surface area contributed by atoms with Gasteiger partial charge in [-0.15, -0.1) is 0 Å². The van der Waals surface area contributed by atoms with E-state index in [0.29, 0.717) is 0 Å². The Balaban J connectivity index is 0. The highest BCUT2D eigenvalue weighted by Gasteiger charge is 1.94. The second-order valence-corrected chi connectivity index (χ2v) is 7.32. The van der Waals surface area contributed by atoms with Crippen LogP contribution >= 0.6 is 0 Å². The van der Waals surface area contributed by atoms with E-state index in [2.05, 4.69) is 20.0 Å². The highest BCUT2D eigenvalue weighted by atomic mass is 28.3. The molecule has 12 heavy (non-hydrogen) atoms. The Labute approximate surface area is 78.7 Å². The minimum absolute atomic E-state index is 0.